The highest BCUT2D eigenvalue weighted by Crippen LogP contribution is 2.09. The van der Waals surface area contributed by atoms with Crippen molar-refractivity contribution < 1.29 is 5.11 Å². The third kappa shape index (κ3) is 8.41. The van der Waals surface area contributed by atoms with Gasteiger partial charge in [0.2, 0.25) is 0 Å². The molecule has 1 nitrogen and oxygen atoms in total. The van der Waals surface area contributed by atoms with E-state index in [-0.39, 0.29) is 6.10 Å². The molecular formula is C10H22OS. The summed E-state index contributed by atoms with van der Waals surface area (Å²) in [5.41, 5.74) is 0. The Kier molecular flexibility index (Phi) is 9.64. The van der Waals surface area contributed by atoms with E-state index in [9.17, 15) is 5.11 Å². The summed E-state index contributed by atoms with van der Waals surface area (Å²) in [5, 5.41) is 9.49. The molecule has 0 aliphatic carbocycles. The average Bonchev–Trinajstić information content (AvgIpc) is 2.06. The van der Waals surface area contributed by atoms with Gasteiger partial charge in [0.15, 0.2) is 0 Å². The van der Waals surface area contributed by atoms with Gasteiger partial charge in [-0.05, 0) is 31.3 Å². The van der Waals surface area contributed by atoms with Crippen LogP contribution in [0.1, 0.15) is 45.4 Å². The van der Waals surface area contributed by atoms with Gasteiger partial charge in [-0.3, -0.25) is 0 Å². The van der Waals surface area contributed by atoms with Crippen LogP contribution >= 0.6 is 11.8 Å². The lowest BCUT2D eigenvalue weighted by Gasteiger charge is -2.08. The quantitative estimate of drug-likeness (QED) is 0.594. The lowest BCUT2D eigenvalue weighted by molar-refractivity contribution is 0.150. The molecule has 0 aromatic carbocycles. The Morgan fingerprint density at radius 1 is 1.17 bits per heavy atom. The molecule has 74 valence electrons. The lowest BCUT2D eigenvalue weighted by Crippen LogP contribution is -2.06. The summed E-state index contributed by atoms with van der Waals surface area (Å²) in [5.74, 6) is 1.19. The van der Waals surface area contributed by atoms with Gasteiger partial charge in [-0.2, -0.15) is 11.8 Å². The second-order valence-corrected chi connectivity index (χ2v) is 4.27. The fourth-order valence-electron chi connectivity index (χ4n) is 1.24. The summed E-state index contributed by atoms with van der Waals surface area (Å²) in [6, 6.07) is 0. The van der Waals surface area contributed by atoms with Gasteiger partial charge < -0.3 is 5.11 Å². The average molecular weight is 190 g/mol. The van der Waals surface area contributed by atoms with E-state index in [1.807, 2.05) is 11.8 Å². The molecule has 0 amide bonds. The number of hydrogen-bond acceptors (Lipinski definition) is 2. The first-order valence-electron chi connectivity index (χ1n) is 4.98. The minimum absolute atomic E-state index is 0.0382. The molecule has 12 heavy (non-hydrogen) atoms. The van der Waals surface area contributed by atoms with Crippen molar-refractivity contribution in [2.75, 3.05) is 12.0 Å². The van der Waals surface area contributed by atoms with E-state index in [0.29, 0.717) is 0 Å². The van der Waals surface area contributed by atoms with Crippen molar-refractivity contribution in [3.63, 3.8) is 0 Å². The summed E-state index contributed by atoms with van der Waals surface area (Å²) in [6.07, 6.45) is 8.93. The second-order valence-electron chi connectivity index (χ2n) is 3.28. The van der Waals surface area contributed by atoms with Crippen LogP contribution in [0.3, 0.4) is 0 Å². The van der Waals surface area contributed by atoms with Crippen molar-refractivity contribution in [2.24, 2.45) is 0 Å². The second kappa shape index (κ2) is 9.40. The molecule has 1 N–H and O–H groups in total. The first-order chi connectivity index (χ1) is 5.81. The van der Waals surface area contributed by atoms with Gasteiger partial charge in [0, 0.05) is 0 Å². The van der Waals surface area contributed by atoms with Gasteiger partial charge in [-0.25, -0.2) is 0 Å². The van der Waals surface area contributed by atoms with Crippen molar-refractivity contribution in [3.8, 4) is 0 Å². The van der Waals surface area contributed by atoms with E-state index in [1.165, 1.54) is 25.0 Å². The van der Waals surface area contributed by atoms with Gasteiger partial charge >= 0.3 is 0 Å². The van der Waals surface area contributed by atoms with E-state index >= 15 is 0 Å². The topological polar surface area (TPSA) is 20.2 Å². The third-order valence-corrected chi connectivity index (χ3v) is 2.72. The van der Waals surface area contributed by atoms with Crippen LogP contribution in [-0.2, 0) is 0 Å². The van der Waals surface area contributed by atoms with Gasteiger partial charge in [-0.1, -0.05) is 26.2 Å². The summed E-state index contributed by atoms with van der Waals surface area (Å²) in [7, 11) is 0. The van der Waals surface area contributed by atoms with E-state index in [2.05, 4.69) is 13.2 Å². The monoisotopic (exact) mass is 190 g/mol. The van der Waals surface area contributed by atoms with Crippen LogP contribution in [0.2, 0.25) is 0 Å². The maximum absolute atomic E-state index is 9.49. The van der Waals surface area contributed by atoms with Crippen molar-refractivity contribution in [1.29, 1.82) is 0 Å². The maximum atomic E-state index is 9.49. The summed E-state index contributed by atoms with van der Waals surface area (Å²) in [6.45, 7) is 2.19. The first-order valence-corrected chi connectivity index (χ1v) is 6.37. The Bertz CT molecular complexity index is 75.9. The number of hydrogen-bond donors (Lipinski definition) is 1. The smallest absolute Gasteiger partial charge is 0.0540 e. The zero-order chi connectivity index (χ0) is 9.23. The van der Waals surface area contributed by atoms with Crippen LogP contribution in [0.25, 0.3) is 0 Å². The Balaban J connectivity index is 3.04. The van der Waals surface area contributed by atoms with Gasteiger partial charge in [0.1, 0.15) is 0 Å². The molecule has 0 rings (SSSR count). The van der Waals surface area contributed by atoms with E-state index in [1.54, 1.807) is 0 Å². The predicted octanol–water partition coefficient (Wildman–Crippen LogP) is 3.07. The van der Waals surface area contributed by atoms with Crippen LogP contribution in [0.5, 0.6) is 0 Å². The normalized spacial score (nSPS) is 13.2. The minimum Gasteiger partial charge on any atom is -0.393 e. The third-order valence-electron chi connectivity index (χ3n) is 2.03. The summed E-state index contributed by atoms with van der Waals surface area (Å²) >= 11 is 1.86. The number of thioether (sulfide) groups is 1. The van der Waals surface area contributed by atoms with E-state index in [0.717, 1.165) is 19.3 Å². The van der Waals surface area contributed by atoms with Crippen molar-refractivity contribution in [3.05, 3.63) is 0 Å². The number of unbranched alkanes of at least 4 members (excludes halogenated alkanes) is 2. The van der Waals surface area contributed by atoms with E-state index in [4.69, 9.17) is 0 Å². The van der Waals surface area contributed by atoms with Crippen LogP contribution in [0.15, 0.2) is 0 Å². The molecular weight excluding hydrogens is 168 g/mol. The minimum atomic E-state index is -0.0382. The number of aliphatic hydroxyl groups is 1. The summed E-state index contributed by atoms with van der Waals surface area (Å²) < 4.78 is 0. The van der Waals surface area contributed by atoms with Crippen molar-refractivity contribution in [2.45, 2.75) is 51.6 Å². The Labute approximate surface area is 80.9 Å². The Hall–Kier alpha value is 0.310. The molecule has 0 aromatic rings. The summed E-state index contributed by atoms with van der Waals surface area (Å²) in [4.78, 5) is 0. The molecule has 0 aromatic heterocycles. The molecule has 1 unspecified atom stereocenters. The van der Waals surface area contributed by atoms with Crippen LogP contribution in [-0.4, -0.2) is 23.2 Å². The zero-order valence-corrected chi connectivity index (χ0v) is 9.20. The fourth-order valence-corrected chi connectivity index (χ4v) is 1.69. The molecule has 2 heteroatoms. The molecule has 0 aliphatic rings. The molecule has 0 saturated carbocycles. The van der Waals surface area contributed by atoms with E-state index < -0.39 is 0 Å². The maximum Gasteiger partial charge on any atom is 0.0540 e. The number of aliphatic hydroxyl groups excluding tert-OH is 1. The Morgan fingerprint density at radius 2 is 1.83 bits per heavy atom. The SMILES string of the molecule is CCCCCC(O)CCCSC. The standard InChI is InChI=1S/C10H22OS/c1-3-4-5-7-10(11)8-6-9-12-2/h10-11H,3-9H2,1-2H3. The molecule has 0 fully saturated rings. The lowest BCUT2D eigenvalue weighted by atomic mass is 10.1. The molecule has 0 radical (unpaired) electrons. The predicted molar refractivity (Wildman–Crippen MR) is 57.8 cm³/mol. The molecule has 0 aliphatic heterocycles. The molecule has 0 saturated heterocycles. The zero-order valence-electron chi connectivity index (χ0n) is 8.38. The Morgan fingerprint density at radius 3 is 2.42 bits per heavy atom. The highest BCUT2D eigenvalue weighted by atomic mass is 32.2. The molecule has 0 spiro atoms. The highest BCUT2D eigenvalue weighted by Gasteiger charge is 2.02. The molecule has 0 heterocycles. The molecule has 0 bridgehead atoms. The molecule has 1 atom stereocenters. The highest BCUT2D eigenvalue weighted by molar-refractivity contribution is 7.98. The first kappa shape index (κ1) is 12.3. The van der Waals surface area contributed by atoms with Crippen LogP contribution in [0.4, 0.5) is 0 Å². The van der Waals surface area contributed by atoms with Crippen LogP contribution in [0, 0.1) is 0 Å². The van der Waals surface area contributed by atoms with Crippen molar-refractivity contribution in [1.82, 2.24) is 0 Å². The van der Waals surface area contributed by atoms with Gasteiger partial charge in [-0.15, -0.1) is 0 Å². The van der Waals surface area contributed by atoms with Gasteiger partial charge in [0.25, 0.3) is 0 Å². The number of rotatable bonds is 8. The largest absolute Gasteiger partial charge is 0.393 e. The fraction of sp³-hybridized carbons (Fsp3) is 1.00. The van der Waals surface area contributed by atoms with Crippen LogP contribution < -0.4 is 0 Å². The van der Waals surface area contributed by atoms with Crippen molar-refractivity contribution >= 4 is 11.8 Å². The van der Waals surface area contributed by atoms with Gasteiger partial charge in [0.05, 0.1) is 6.10 Å².